The molecule has 0 aromatic heterocycles. The molecule has 0 amide bonds. The average Bonchev–Trinajstić information content (AvgIpc) is 3.45. The summed E-state index contributed by atoms with van der Waals surface area (Å²) in [6.07, 6.45) is 8.52. The number of ether oxygens (including phenoxy) is 2. The third kappa shape index (κ3) is 4.25. The molecule has 8 heteroatoms. The Hall–Kier alpha value is -0.320. The summed E-state index contributed by atoms with van der Waals surface area (Å²) < 4.78 is 11.1. The van der Waals surface area contributed by atoms with Gasteiger partial charge in [-0.2, -0.15) is 5.48 Å². The van der Waals surface area contributed by atoms with Crippen molar-refractivity contribution in [1.82, 2.24) is 15.7 Å². The third-order valence-corrected chi connectivity index (χ3v) is 7.74. The number of likely N-dealkylation sites (tertiary alicyclic amines) is 1. The molecule has 5 aliphatic rings. The van der Waals surface area contributed by atoms with E-state index in [0.717, 1.165) is 45.6 Å². The monoisotopic (exact) mass is 397 g/mol. The van der Waals surface area contributed by atoms with E-state index in [1.807, 2.05) is 0 Å². The number of quaternary nitrogens is 2. The number of piperidine rings is 1. The molecular formula is C20H39N5O3+2. The van der Waals surface area contributed by atoms with Gasteiger partial charge in [-0.3, -0.25) is 10.2 Å². The van der Waals surface area contributed by atoms with Crippen LogP contribution in [0.5, 0.6) is 0 Å². The fourth-order valence-electron chi connectivity index (χ4n) is 6.18. The predicted molar refractivity (Wildman–Crippen MR) is 103 cm³/mol. The second-order valence-electron chi connectivity index (χ2n) is 9.29. The number of hydrogen-bond acceptors (Lipinski definition) is 6. The number of nitrogens with zero attached hydrogens (tertiary/aromatic N) is 1. The van der Waals surface area contributed by atoms with Crippen LogP contribution in [-0.2, 0) is 14.3 Å². The predicted octanol–water partition coefficient (Wildman–Crippen LogP) is -2.38. The summed E-state index contributed by atoms with van der Waals surface area (Å²) in [5.41, 5.74) is 3.39. The normalized spacial score (nSPS) is 44.1. The van der Waals surface area contributed by atoms with Crippen molar-refractivity contribution in [2.45, 2.75) is 69.2 Å². The SMILES string of the molecule is C1CC(C2NC(C3CC[NH2+]C(N4CCOCC4)C3)NO2)[NH+](C2CCOCC2)C1. The Labute approximate surface area is 168 Å². The van der Waals surface area contributed by atoms with Crippen LogP contribution in [0, 0.1) is 5.92 Å². The lowest BCUT2D eigenvalue weighted by molar-refractivity contribution is -0.942. The minimum absolute atomic E-state index is 0.151. The molecule has 6 atom stereocenters. The Kier molecular flexibility index (Phi) is 6.47. The number of nitrogens with two attached hydrogens (primary N) is 1. The van der Waals surface area contributed by atoms with Gasteiger partial charge in [0.05, 0.1) is 51.7 Å². The van der Waals surface area contributed by atoms with Gasteiger partial charge in [-0.1, -0.05) is 0 Å². The number of hydrogen-bond donors (Lipinski definition) is 4. The molecule has 8 nitrogen and oxygen atoms in total. The second kappa shape index (κ2) is 9.22. The van der Waals surface area contributed by atoms with Crippen molar-refractivity contribution in [3.05, 3.63) is 0 Å². The van der Waals surface area contributed by atoms with Gasteiger partial charge in [-0.25, -0.2) is 4.90 Å². The molecule has 5 saturated heterocycles. The molecule has 5 N–H and O–H groups in total. The van der Waals surface area contributed by atoms with Crippen LogP contribution in [0.2, 0.25) is 0 Å². The molecule has 0 bridgehead atoms. The zero-order valence-corrected chi connectivity index (χ0v) is 17.1. The van der Waals surface area contributed by atoms with Crippen molar-refractivity contribution < 1.29 is 24.5 Å². The Morgan fingerprint density at radius 2 is 1.79 bits per heavy atom. The molecule has 0 saturated carbocycles. The van der Waals surface area contributed by atoms with E-state index in [9.17, 15) is 0 Å². The van der Waals surface area contributed by atoms with Crippen molar-refractivity contribution in [2.75, 3.05) is 52.6 Å². The van der Waals surface area contributed by atoms with E-state index in [1.54, 1.807) is 4.90 Å². The summed E-state index contributed by atoms with van der Waals surface area (Å²) in [4.78, 5) is 10.5. The summed E-state index contributed by atoms with van der Waals surface area (Å²) in [7, 11) is 0. The van der Waals surface area contributed by atoms with Crippen LogP contribution < -0.4 is 21.0 Å². The van der Waals surface area contributed by atoms with Gasteiger partial charge in [0.25, 0.3) is 0 Å². The van der Waals surface area contributed by atoms with E-state index in [-0.39, 0.29) is 6.23 Å². The number of morpholine rings is 1. The van der Waals surface area contributed by atoms with Gasteiger partial charge >= 0.3 is 0 Å². The first-order valence-corrected chi connectivity index (χ1v) is 11.6. The van der Waals surface area contributed by atoms with Crippen molar-refractivity contribution in [2.24, 2.45) is 5.92 Å². The maximum absolute atomic E-state index is 6.15. The quantitative estimate of drug-likeness (QED) is 0.425. The molecule has 5 rings (SSSR count). The average molecular weight is 398 g/mol. The highest BCUT2D eigenvalue weighted by Crippen LogP contribution is 2.23. The van der Waals surface area contributed by atoms with Crippen LogP contribution in [-0.4, -0.2) is 88.1 Å². The summed E-state index contributed by atoms with van der Waals surface area (Å²) in [6.45, 7) is 8.27. The van der Waals surface area contributed by atoms with Crippen molar-refractivity contribution in [3.8, 4) is 0 Å². The standard InChI is InChI=1S/C20H37N5O3/c1-2-17(25(7-1)16-4-10-26-11-5-16)20-22-19(23-28-20)15-3-6-21-18(14-15)24-8-12-27-13-9-24/h15-23H,1-14H2/p+2. The van der Waals surface area contributed by atoms with Crippen molar-refractivity contribution in [1.29, 1.82) is 0 Å². The zero-order chi connectivity index (χ0) is 18.8. The van der Waals surface area contributed by atoms with Gasteiger partial charge in [0.15, 0.2) is 6.23 Å². The Morgan fingerprint density at radius 3 is 2.64 bits per heavy atom. The van der Waals surface area contributed by atoms with Crippen LogP contribution in [0.4, 0.5) is 0 Å². The molecular weight excluding hydrogens is 358 g/mol. The van der Waals surface area contributed by atoms with Crippen LogP contribution in [0.3, 0.4) is 0 Å². The lowest BCUT2D eigenvalue weighted by Gasteiger charge is -2.38. The molecule has 28 heavy (non-hydrogen) atoms. The zero-order valence-electron chi connectivity index (χ0n) is 17.1. The molecule has 6 unspecified atom stereocenters. The molecule has 0 aromatic carbocycles. The molecule has 0 radical (unpaired) electrons. The van der Waals surface area contributed by atoms with E-state index < -0.39 is 0 Å². The molecule has 0 aromatic rings. The summed E-state index contributed by atoms with van der Waals surface area (Å²) in [5, 5.41) is 6.38. The van der Waals surface area contributed by atoms with Crippen LogP contribution >= 0.6 is 0 Å². The highest BCUT2D eigenvalue weighted by molar-refractivity contribution is 4.85. The van der Waals surface area contributed by atoms with E-state index >= 15 is 0 Å². The summed E-state index contributed by atoms with van der Waals surface area (Å²) in [5.74, 6) is 0.635. The maximum atomic E-state index is 6.15. The lowest BCUT2D eigenvalue weighted by atomic mass is 9.92. The van der Waals surface area contributed by atoms with Crippen LogP contribution in [0.1, 0.15) is 38.5 Å². The number of nitrogens with one attached hydrogen (secondary N) is 3. The lowest BCUT2D eigenvalue weighted by Crippen LogP contribution is -3.19. The van der Waals surface area contributed by atoms with Crippen molar-refractivity contribution in [3.63, 3.8) is 0 Å². The first kappa shape index (κ1) is 19.6. The second-order valence-corrected chi connectivity index (χ2v) is 9.29. The van der Waals surface area contributed by atoms with Crippen molar-refractivity contribution >= 4 is 0 Å². The van der Waals surface area contributed by atoms with Gasteiger partial charge < -0.3 is 19.7 Å². The Morgan fingerprint density at radius 1 is 0.964 bits per heavy atom. The largest absolute Gasteiger partial charge is 0.381 e. The van der Waals surface area contributed by atoms with Gasteiger partial charge in [0.1, 0.15) is 12.2 Å². The van der Waals surface area contributed by atoms with Gasteiger partial charge in [0.2, 0.25) is 0 Å². The molecule has 5 fully saturated rings. The smallest absolute Gasteiger partial charge is 0.183 e. The molecule has 0 spiro atoms. The van der Waals surface area contributed by atoms with Gasteiger partial charge in [0, 0.05) is 57.5 Å². The molecule has 5 aliphatic heterocycles. The van der Waals surface area contributed by atoms with E-state index in [0.29, 0.717) is 24.3 Å². The third-order valence-electron chi connectivity index (χ3n) is 7.74. The highest BCUT2D eigenvalue weighted by atomic mass is 16.7. The number of hydroxylamine groups is 1. The van der Waals surface area contributed by atoms with Gasteiger partial charge in [-0.15, -0.1) is 0 Å². The molecule has 160 valence electrons. The maximum Gasteiger partial charge on any atom is 0.183 e. The topological polar surface area (TPSA) is 76.0 Å². The Bertz CT molecular complexity index is 500. The molecule has 5 heterocycles. The van der Waals surface area contributed by atoms with Gasteiger partial charge in [-0.05, 0) is 0 Å². The fraction of sp³-hybridized carbons (Fsp3) is 1.00. The minimum atomic E-state index is 0.151. The first-order chi connectivity index (χ1) is 13.9. The number of rotatable bonds is 4. The highest BCUT2D eigenvalue weighted by Gasteiger charge is 2.46. The summed E-state index contributed by atoms with van der Waals surface area (Å²) in [6, 6.07) is 1.33. The fourth-order valence-corrected chi connectivity index (χ4v) is 6.18. The Balaban J connectivity index is 1.16. The van der Waals surface area contributed by atoms with Crippen LogP contribution in [0.25, 0.3) is 0 Å². The minimum Gasteiger partial charge on any atom is -0.381 e. The van der Waals surface area contributed by atoms with Crippen LogP contribution in [0.15, 0.2) is 0 Å². The summed E-state index contributed by atoms with van der Waals surface area (Å²) >= 11 is 0. The van der Waals surface area contributed by atoms with E-state index in [1.165, 1.54) is 51.6 Å². The molecule has 0 aliphatic carbocycles. The first-order valence-electron chi connectivity index (χ1n) is 11.6. The van der Waals surface area contributed by atoms with E-state index in [4.69, 9.17) is 14.3 Å². The van der Waals surface area contributed by atoms with E-state index in [2.05, 4.69) is 21.0 Å².